The molecule has 0 aromatic heterocycles. The Morgan fingerprint density at radius 1 is 1.60 bits per heavy atom. The molecule has 1 fully saturated rings. The van der Waals surface area contributed by atoms with E-state index < -0.39 is 0 Å². The van der Waals surface area contributed by atoms with Crippen LogP contribution in [0.2, 0.25) is 0 Å². The molecule has 0 atom stereocenters. The SMILES string of the molecule is CN1CCC(C)(C)SC1=O. The van der Waals surface area contributed by atoms with Crippen molar-refractivity contribution in [3.8, 4) is 0 Å². The number of hydrogen-bond acceptors (Lipinski definition) is 2. The van der Waals surface area contributed by atoms with Crippen molar-refractivity contribution in [3.05, 3.63) is 0 Å². The van der Waals surface area contributed by atoms with E-state index in [1.54, 1.807) is 4.90 Å². The summed E-state index contributed by atoms with van der Waals surface area (Å²) in [6.07, 6.45) is 1.10. The Hall–Kier alpha value is -0.180. The van der Waals surface area contributed by atoms with Crippen LogP contribution in [0.5, 0.6) is 0 Å². The van der Waals surface area contributed by atoms with E-state index in [9.17, 15) is 4.79 Å². The number of hydrogen-bond donors (Lipinski definition) is 0. The molecule has 0 aromatic carbocycles. The van der Waals surface area contributed by atoms with Crippen LogP contribution in [-0.4, -0.2) is 28.5 Å². The second-order valence-electron chi connectivity index (χ2n) is 3.30. The van der Waals surface area contributed by atoms with Crippen LogP contribution in [0.15, 0.2) is 0 Å². The van der Waals surface area contributed by atoms with Gasteiger partial charge in [0.2, 0.25) is 0 Å². The van der Waals surface area contributed by atoms with Gasteiger partial charge in [0.25, 0.3) is 5.24 Å². The average molecular weight is 159 g/mol. The summed E-state index contributed by atoms with van der Waals surface area (Å²) in [5, 5.41) is 0.205. The first-order chi connectivity index (χ1) is 4.51. The molecular weight excluding hydrogens is 146 g/mol. The minimum absolute atomic E-state index is 0.156. The van der Waals surface area contributed by atoms with Crippen molar-refractivity contribution < 1.29 is 4.79 Å². The third-order valence-electron chi connectivity index (χ3n) is 1.72. The smallest absolute Gasteiger partial charge is 0.281 e. The zero-order chi connectivity index (χ0) is 7.78. The first-order valence-electron chi connectivity index (χ1n) is 3.45. The number of carbonyl (C=O) groups is 1. The monoisotopic (exact) mass is 159 g/mol. The largest absolute Gasteiger partial charge is 0.337 e. The van der Waals surface area contributed by atoms with Crippen molar-refractivity contribution in [2.75, 3.05) is 13.6 Å². The maximum atomic E-state index is 11.1. The van der Waals surface area contributed by atoms with Gasteiger partial charge in [0.15, 0.2) is 0 Å². The van der Waals surface area contributed by atoms with Crippen LogP contribution in [0.3, 0.4) is 0 Å². The number of amides is 1. The topological polar surface area (TPSA) is 20.3 Å². The van der Waals surface area contributed by atoms with Crippen LogP contribution in [0.25, 0.3) is 0 Å². The summed E-state index contributed by atoms with van der Waals surface area (Å²) in [6, 6.07) is 0. The van der Waals surface area contributed by atoms with Gasteiger partial charge in [-0.1, -0.05) is 25.6 Å². The average Bonchev–Trinajstić information content (AvgIpc) is 1.79. The predicted molar refractivity (Wildman–Crippen MR) is 44.3 cm³/mol. The minimum atomic E-state index is 0.156. The fourth-order valence-corrected chi connectivity index (χ4v) is 1.81. The van der Waals surface area contributed by atoms with E-state index in [0.29, 0.717) is 0 Å². The number of thioether (sulfide) groups is 1. The Balaban J connectivity index is 2.57. The molecule has 1 amide bonds. The molecule has 0 radical (unpaired) electrons. The highest BCUT2D eigenvalue weighted by Gasteiger charge is 2.29. The van der Waals surface area contributed by atoms with Gasteiger partial charge in [-0.3, -0.25) is 4.79 Å². The Bertz CT molecular complexity index is 156. The molecule has 0 aromatic rings. The first-order valence-corrected chi connectivity index (χ1v) is 4.27. The van der Waals surface area contributed by atoms with E-state index >= 15 is 0 Å². The summed E-state index contributed by atoms with van der Waals surface area (Å²) < 4.78 is 0.156. The summed E-state index contributed by atoms with van der Waals surface area (Å²) in [6.45, 7) is 5.13. The van der Waals surface area contributed by atoms with Crippen molar-refractivity contribution in [2.24, 2.45) is 0 Å². The Kier molecular flexibility index (Phi) is 1.95. The van der Waals surface area contributed by atoms with Crippen LogP contribution in [0.4, 0.5) is 4.79 Å². The van der Waals surface area contributed by atoms with Crippen LogP contribution < -0.4 is 0 Å². The molecule has 1 rings (SSSR count). The first kappa shape index (κ1) is 7.92. The molecule has 0 spiro atoms. The lowest BCUT2D eigenvalue weighted by Gasteiger charge is -2.33. The van der Waals surface area contributed by atoms with E-state index in [1.807, 2.05) is 7.05 Å². The van der Waals surface area contributed by atoms with E-state index in [-0.39, 0.29) is 9.99 Å². The van der Waals surface area contributed by atoms with Gasteiger partial charge in [-0.05, 0) is 6.42 Å². The van der Waals surface area contributed by atoms with Gasteiger partial charge < -0.3 is 4.90 Å². The highest BCUT2D eigenvalue weighted by atomic mass is 32.2. The summed E-state index contributed by atoms with van der Waals surface area (Å²) in [7, 11) is 1.85. The molecule has 0 N–H and O–H groups in total. The second-order valence-corrected chi connectivity index (χ2v) is 4.96. The van der Waals surface area contributed by atoms with Crippen LogP contribution >= 0.6 is 11.8 Å². The summed E-state index contributed by atoms with van der Waals surface area (Å²) in [4.78, 5) is 12.9. The summed E-state index contributed by atoms with van der Waals surface area (Å²) in [5.74, 6) is 0. The normalized spacial score (nSPS) is 25.1. The maximum Gasteiger partial charge on any atom is 0.281 e. The Morgan fingerprint density at radius 3 is 2.60 bits per heavy atom. The van der Waals surface area contributed by atoms with E-state index in [4.69, 9.17) is 0 Å². The van der Waals surface area contributed by atoms with Crippen molar-refractivity contribution in [1.82, 2.24) is 4.90 Å². The van der Waals surface area contributed by atoms with E-state index in [0.717, 1.165) is 13.0 Å². The van der Waals surface area contributed by atoms with Gasteiger partial charge in [0, 0.05) is 18.3 Å². The summed E-state index contributed by atoms with van der Waals surface area (Å²) in [5.41, 5.74) is 0. The van der Waals surface area contributed by atoms with Crippen molar-refractivity contribution in [2.45, 2.75) is 25.0 Å². The van der Waals surface area contributed by atoms with Gasteiger partial charge in [0.1, 0.15) is 0 Å². The molecule has 2 nitrogen and oxygen atoms in total. The lowest BCUT2D eigenvalue weighted by Crippen LogP contribution is -2.37. The zero-order valence-electron chi connectivity index (χ0n) is 6.68. The van der Waals surface area contributed by atoms with Crippen LogP contribution in [0, 0.1) is 0 Å². The molecule has 1 saturated heterocycles. The second kappa shape index (κ2) is 2.46. The van der Waals surface area contributed by atoms with Crippen molar-refractivity contribution >= 4 is 17.0 Å². The quantitative estimate of drug-likeness (QED) is 0.538. The molecule has 3 heteroatoms. The molecule has 10 heavy (non-hydrogen) atoms. The standard InChI is InChI=1S/C7H13NOS/c1-7(2)4-5-8(3)6(9)10-7/h4-5H2,1-3H3. The van der Waals surface area contributed by atoms with Crippen molar-refractivity contribution in [3.63, 3.8) is 0 Å². The fourth-order valence-electron chi connectivity index (χ4n) is 0.894. The van der Waals surface area contributed by atoms with Gasteiger partial charge in [-0.15, -0.1) is 0 Å². The van der Waals surface area contributed by atoms with Gasteiger partial charge in [-0.2, -0.15) is 0 Å². The number of carbonyl (C=O) groups excluding carboxylic acids is 1. The van der Waals surface area contributed by atoms with E-state index in [1.165, 1.54) is 11.8 Å². The van der Waals surface area contributed by atoms with Gasteiger partial charge >= 0.3 is 0 Å². The number of nitrogens with zero attached hydrogens (tertiary/aromatic N) is 1. The van der Waals surface area contributed by atoms with Gasteiger partial charge in [0.05, 0.1) is 0 Å². The Labute approximate surface area is 66.0 Å². The highest BCUT2D eigenvalue weighted by molar-refractivity contribution is 8.14. The molecule has 58 valence electrons. The molecule has 1 aliphatic rings. The van der Waals surface area contributed by atoms with E-state index in [2.05, 4.69) is 13.8 Å². The third kappa shape index (κ3) is 1.66. The van der Waals surface area contributed by atoms with Crippen molar-refractivity contribution in [1.29, 1.82) is 0 Å². The zero-order valence-corrected chi connectivity index (χ0v) is 7.49. The lowest BCUT2D eigenvalue weighted by atomic mass is 10.1. The molecule has 1 heterocycles. The molecule has 0 saturated carbocycles. The van der Waals surface area contributed by atoms with Crippen LogP contribution in [-0.2, 0) is 0 Å². The summed E-state index contributed by atoms with van der Waals surface area (Å²) >= 11 is 1.44. The number of rotatable bonds is 0. The lowest BCUT2D eigenvalue weighted by molar-refractivity contribution is 0.228. The maximum absolute atomic E-state index is 11.1. The third-order valence-corrected chi connectivity index (χ3v) is 2.97. The molecule has 0 bridgehead atoms. The predicted octanol–water partition coefficient (Wildman–Crippen LogP) is 1.95. The molecule has 0 aliphatic carbocycles. The minimum Gasteiger partial charge on any atom is -0.337 e. The molecular formula is C7H13NOS. The highest BCUT2D eigenvalue weighted by Crippen LogP contribution is 2.33. The molecule has 1 aliphatic heterocycles. The van der Waals surface area contributed by atoms with Gasteiger partial charge in [-0.25, -0.2) is 0 Å². The van der Waals surface area contributed by atoms with Crippen LogP contribution in [0.1, 0.15) is 20.3 Å². The molecule has 0 unspecified atom stereocenters. The fraction of sp³-hybridized carbons (Fsp3) is 0.857. The Morgan fingerprint density at radius 2 is 2.20 bits per heavy atom.